The molecule has 1 fully saturated rings. The molecule has 7 nitrogen and oxygen atoms in total. The zero-order valence-corrected chi connectivity index (χ0v) is 12.1. The van der Waals surface area contributed by atoms with Crippen molar-refractivity contribution >= 4 is 9.84 Å². The number of ether oxygens (including phenoxy) is 1. The first-order valence-electron chi connectivity index (χ1n) is 6.40. The third kappa shape index (κ3) is 2.96. The van der Waals surface area contributed by atoms with Crippen molar-refractivity contribution in [2.45, 2.75) is 41.7 Å². The molecule has 1 aromatic carbocycles. The summed E-state index contributed by atoms with van der Waals surface area (Å²) in [5, 5.41) is 38.3. The summed E-state index contributed by atoms with van der Waals surface area (Å²) in [6, 6.07) is 5.92. The van der Waals surface area contributed by atoms with E-state index in [1.165, 1.54) is 12.1 Å². The van der Waals surface area contributed by atoms with Gasteiger partial charge in [0.15, 0.2) is 5.44 Å². The summed E-state index contributed by atoms with van der Waals surface area (Å²) in [5.74, 6) is 0. The van der Waals surface area contributed by atoms with Gasteiger partial charge in [-0.2, -0.15) is 0 Å². The standard InChI is InChI=1S/C13H18O7S/c1-7-2-4-8(5-3-7)21(18,19)13-12(17)11(16)10(15)9(6-14)20-13/h2-5,9-17H,6H2,1H3/t9-,10+,11+,12+,13+/m0/s1. The van der Waals surface area contributed by atoms with Crippen LogP contribution < -0.4 is 0 Å². The maximum atomic E-state index is 12.5. The summed E-state index contributed by atoms with van der Waals surface area (Å²) in [6.45, 7) is 1.12. The zero-order chi connectivity index (χ0) is 15.8. The van der Waals surface area contributed by atoms with E-state index in [0.29, 0.717) is 0 Å². The van der Waals surface area contributed by atoms with Crippen LogP contribution in [-0.4, -0.2) is 65.3 Å². The van der Waals surface area contributed by atoms with Crippen LogP contribution in [0.25, 0.3) is 0 Å². The Hall–Kier alpha value is -1.03. The highest BCUT2D eigenvalue weighted by Gasteiger charge is 2.49. The molecule has 1 aromatic rings. The molecule has 5 atom stereocenters. The molecule has 8 heteroatoms. The molecule has 1 heterocycles. The van der Waals surface area contributed by atoms with Crippen molar-refractivity contribution in [3.05, 3.63) is 29.8 Å². The van der Waals surface area contributed by atoms with E-state index in [2.05, 4.69) is 0 Å². The molecule has 0 bridgehead atoms. The maximum absolute atomic E-state index is 12.5. The number of aryl methyl sites for hydroxylation is 1. The largest absolute Gasteiger partial charge is 0.394 e. The Bertz CT molecular complexity index is 581. The second-order valence-corrected chi connectivity index (χ2v) is 7.08. The summed E-state index contributed by atoms with van der Waals surface area (Å²) < 4.78 is 30.0. The quantitative estimate of drug-likeness (QED) is 0.538. The fraction of sp³-hybridized carbons (Fsp3) is 0.538. The Morgan fingerprint density at radius 3 is 2.14 bits per heavy atom. The maximum Gasteiger partial charge on any atom is 0.207 e. The molecule has 0 amide bonds. The molecule has 2 rings (SSSR count). The van der Waals surface area contributed by atoms with Crippen LogP contribution in [0.3, 0.4) is 0 Å². The Morgan fingerprint density at radius 2 is 1.62 bits per heavy atom. The van der Waals surface area contributed by atoms with Crippen LogP contribution in [0.5, 0.6) is 0 Å². The predicted molar refractivity (Wildman–Crippen MR) is 72.1 cm³/mol. The van der Waals surface area contributed by atoms with E-state index in [1.54, 1.807) is 19.1 Å². The van der Waals surface area contributed by atoms with E-state index in [1.807, 2.05) is 0 Å². The van der Waals surface area contributed by atoms with Gasteiger partial charge in [0.25, 0.3) is 0 Å². The third-order valence-electron chi connectivity index (χ3n) is 3.50. The first-order valence-corrected chi connectivity index (χ1v) is 7.94. The van der Waals surface area contributed by atoms with Crippen molar-refractivity contribution in [3.8, 4) is 0 Å². The minimum atomic E-state index is -4.08. The Morgan fingerprint density at radius 1 is 1.05 bits per heavy atom. The lowest BCUT2D eigenvalue weighted by atomic mass is 10.0. The fourth-order valence-electron chi connectivity index (χ4n) is 2.19. The molecule has 4 N–H and O–H groups in total. The number of hydrogen-bond acceptors (Lipinski definition) is 7. The Balaban J connectivity index is 2.36. The lowest BCUT2D eigenvalue weighted by Crippen LogP contribution is -2.60. The number of hydrogen-bond donors (Lipinski definition) is 4. The molecule has 0 aromatic heterocycles. The van der Waals surface area contributed by atoms with Crippen molar-refractivity contribution in [1.29, 1.82) is 0 Å². The van der Waals surface area contributed by atoms with Crippen LogP contribution in [0.2, 0.25) is 0 Å². The van der Waals surface area contributed by atoms with Gasteiger partial charge < -0.3 is 25.2 Å². The lowest BCUT2D eigenvalue weighted by molar-refractivity contribution is -0.207. The Labute approximate surface area is 122 Å². The van der Waals surface area contributed by atoms with Crippen LogP contribution in [0.4, 0.5) is 0 Å². The molecule has 0 aliphatic carbocycles. The van der Waals surface area contributed by atoms with Gasteiger partial charge in [-0.25, -0.2) is 8.42 Å². The summed E-state index contributed by atoms with van der Waals surface area (Å²) >= 11 is 0. The molecule has 21 heavy (non-hydrogen) atoms. The average Bonchev–Trinajstić information content (AvgIpc) is 2.45. The summed E-state index contributed by atoms with van der Waals surface area (Å²) in [7, 11) is -4.08. The van der Waals surface area contributed by atoms with Gasteiger partial charge in [-0.3, -0.25) is 0 Å². The molecule has 0 radical (unpaired) electrons. The van der Waals surface area contributed by atoms with Gasteiger partial charge in [0.1, 0.15) is 24.4 Å². The van der Waals surface area contributed by atoms with Crippen LogP contribution in [-0.2, 0) is 14.6 Å². The van der Waals surface area contributed by atoms with Crippen molar-refractivity contribution in [3.63, 3.8) is 0 Å². The smallest absolute Gasteiger partial charge is 0.207 e. The second-order valence-electron chi connectivity index (χ2n) is 5.06. The predicted octanol–water partition coefficient (Wildman–Crippen LogP) is -1.43. The molecular formula is C13H18O7S. The van der Waals surface area contributed by atoms with E-state index in [0.717, 1.165) is 5.56 Å². The van der Waals surface area contributed by atoms with Crippen LogP contribution in [0, 0.1) is 6.92 Å². The van der Waals surface area contributed by atoms with Gasteiger partial charge in [-0.15, -0.1) is 0 Å². The first kappa shape index (κ1) is 16.3. The minimum Gasteiger partial charge on any atom is -0.394 e. The van der Waals surface area contributed by atoms with E-state index in [9.17, 15) is 23.7 Å². The summed E-state index contributed by atoms with van der Waals surface area (Å²) in [4.78, 5) is -0.0718. The van der Waals surface area contributed by atoms with Crippen LogP contribution >= 0.6 is 0 Å². The lowest BCUT2D eigenvalue weighted by Gasteiger charge is -2.39. The zero-order valence-electron chi connectivity index (χ0n) is 11.3. The van der Waals surface area contributed by atoms with Crippen molar-refractivity contribution < 1.29 is 33.6 Å². The first-order chi connectivity index (χ1) is 9.78. The molecule has 0 saturated carbocycles. The van der Waals surface area contributed by atoms with Gasteiger partial charge in [0, 0.05) is 0 Å². The fourth-order valence-corrected chi connectivity index (χ4v) is 3.79. The minimum absolute atomic E-state index is 0.0718. The SMILES string of the molecule is Cc1ccc(S(=O)(=O)[C@H]2O[C@@H](CO)[C@@H](O)[C@@H](O)[C@H]2O)cc1. The molecule has 1 aliphatic rings. The number of aliphatic hydroxyl groups is 4. The van der Waals surface area contributed by atoms with E-state index in [4.69, 9.17) is 9.84 Å². The number of sulfone groups is 1. The van der Waals surface area contributed by atoms with E-state index >= 15 is 0 Å². The van der Waals surface area contributed by atoms with E-state index < -0.39 is 46.3 Å². The molecule has 1 saturated heterocycles. The normalized spacial score (nSPS) is 33.9. The van der Waals surface area contributed by atoms with Gasteiger partial charge in [0.05, 0.1) is 11.5 Å². The highest BCUT2D eigenvalue weighted by Crippen LogP contribution is 2.28. The molecule has 0 spiro atoms. The highest BCUT2D eigenvalue weighted by atomic mass is 32.2. The van der Waals surface area contributed by atoms with Crippen LogP contribution in [0.15, 0.2) is 29.2 Å². The van der Waals surface area contributed by atoms with Gasteiger partial charge in [0.2, 0.25) is 9.84 Å². The summed E-state index contributed by atoms with van der Waals surface area (Å²) in [6.07, 6.45) is -6.38. The Kier molecular flexibility index (Phi) is 4.66. The number of benzene rings is 1. The molecular weight excluding hydrogens is 300 g/mol. The summed E-state index contributed by atoms with van der Waals surface area (Å²) in [5.41, 5.74) is -0.890. The third-order valence-corrected chi connectivity index (χ3v) is 5.43. The van der Waals surface area contributed by atoms with Gasteiger partial charge >= 0.3 is 0 Å². The topological polar surface area (TPSA) is 124 Å². The monoisotopic (exact) mass is 318 g/mol. The van der Waals surface area contributed by atoms with Crippen molar-refractivity contribution in [2.75, 3.05) is 6.61 Å². The van der Waals surface area contributed by atoms with Crippen LogP contribution in [0.1, 0.15) is 5.56 Å². The highest BCUT2D eigenvalue weighted by molar-refractivity contribution is 7.92. The second kappa shape index (κ2) is 5.99. The van der Waals surface area contributed by atoms with Crippen molar-refractivity contribution in [1.82, 2.24) is 0 Å². The van der Waals surface area contributed by atoms with Crippen molar-refractivity contribution in [2.24, 2.45) is 0 Å². The average molecular weight is 318 g/mol. The molecule has 1 aliphatic heterocycles. The van der Waals surface area contributed by atoms with Gasteiger partial charge in [-0.1, -0.05) is 17.7 Å². The molecule has 0 unspecified atom stereocenters. The molecule has 118 valence electrons. The number of aliphatic hydroxyl groups excluding tert-OH is 4. The van der Waals surface area contributed by atoms with Gasteiger partial charge in [-0.05, 0) is 19.1 Å². The van der Waals surface area contributed by atoms with E-state index in [-0.39, 0.29) is 4.90 Å². The number of rotatable bonds is 3.